The Balaban J connectivity index is 2.42. The quantitative estimate of drug-likeness (QED) is 0.557. The number of carbonyl (C=O) groups excluding carboxylic acids is 2. The Morgan fingerprint density at radius 1 is 1.50 bits per heavy atom. The van der Waals surface area contributed by atoms with E-state index in [1.54, 1.807) is 11.8 Å². The van der Waals surface area contributed by atoms with Gasteiger partial charge in [0.15, 0.2) is 0 Å². The molecule has 0 aromatic rings. The first kappa shape index (κ1) is 12.6. The molecule has 0 aliphatic carbocycles. The standard InChI is InChI=1S/C12H18N2O2/c1-3-4-5-6-8-14-9-7-11(15)13-10(2)12(14)16/h1,10H,4-9H2,2H3,(H,13,15). The lowest BCUT2D eigenvalue weighted by Crippen LogP contribution is -2.42. The molecule has 1 N–H and O–H groups in total. The van der Waals surface area contributed by atoms with Gasteiger partial charge in [-0.2, -0.15) is 0 Å². The highest BCUT2D eigenvalue weighted by atomic mass is 16.2. The molecule has 0 radical (unpaired) electrons. The van der Waals surface area contributed by atoms with E-state index in [1.165, 1.54) is 0 Å². The Kier molecular flexibility index (Phi) is 4.84. The molecule has 88 valence electrons. The third kappa shape index (κ3) is 3.58. The van der Waals surface area contributed by atoms with Gasteiger partial charge in [0.1, 0.15) is 6.04 Å². The molecule has 4 nitrogen and oxygen atoms in total. The van der Waals surface area contributed by atoms with Gasteiger partial charge in [0.25, 0.3) is 0 Å². The Labute approximate surface area is 96.4 Å². The van der Waals surface area contributed by atoms with Crippen molar-refractivity contribution in [3.8, 4) is 12.3 Å². The van der Waals surface area contributed by atoms with Crippen LogP contribution in [0, 0.1) is 12.3 Å². The molecule has 2 amide bonds. The van der Waals surface area contributed by atoms with Crippen LogP contribution in [0.15, 0.2) is 0 Å². The molecule has 0 spiro atoms. The monoisotopic (exact) mass is 222 g/mol. The van der Waals surface area contributed by atoms with Crippen molar-refractivity contribution in [2.24, 2.45) is 0 Å². The van der Waals surface area contributed by atoms with Crippen molar-refractivity contribution in [1.29, 1.82) is 0 Å². The van der Waals surface area contributed by atoms with E-state index in [0.29, 0.717) is 19.5 Å². The van der Waals surface area contributed by atoms with Gasteiger partial charge in [-0.25, -0.2) is 0 Å². The van der Waals surface area contributed by atoms with Gasteiger partial charge in [-0.1, -0.05) is 0 Å². The summed E-state index contributed by atoms with van der Waals surface area (Å²) in [4.78, 5) is 24.8. The first-order chi connectivity index (χ1) is 7.65. The van der Waals surface area contributed by atoms with Gasteiger partial charge in [-0.05, 0) is 19.8 Å². The molecule has 1 rings (SSSR count). The molecule has 1 heterocycles. The summed E-state index contributed by atoms with van der Waals surface area (Å²) in [5, 5.41) is 2.66. The minimum absolute atomic E-state index is 0.00607. The van der Waals surface area contributed by atoms with Crippen LogP contribution < -0.4 is 5.32 Å². The molecule has 0 saturated carbocycles. The van der Waals surface area contributed by atoms with Crippen LogP contribution in [0.2, 0.25) is 0 Å². The van der Waals surface area contributed by atoms with Crippen molar-refractivity contribution in [2.75, 3.05) is 13.1 Å². The Morgan fingerprint density at radius 3 is 2.94 bits per heavy atom. The number of unbranched alkanes of at least 4 members (excludes halogenated alkanes) is 2. The first-order valence-electron chi connectivity index (χ1n) is 5.66. The SMILES string of the molecule is C#CCCCCN1CCC(=O)NC(C)C1=O. The smallest absolute Gasteiger partial charge is 0.244 e. The van der Waals surface area contributed by atoms with Crippen LogP contribution in [0.25, 0.3) is 0 Å². The minimum Gasteiger partial charge on any atom is -0.345 e. The number of nitrogens with zero attached hydrogens (tertiary/aromatic N) is 1. The maximum absolute atomic E-state index is 11.8. The van der Waals surface area contributed by atoms with Crippen molar-refractivity contribution < 1.29 is 9.59 Å². The normalized spacial score (nSPS) is 21.2. The van der Waals surface area contributed by atoms with E-state index >= 15 is 0 Å². The number of carbonyl (C=O) groups is 2. The summed E-state index contributed by atoms with van der Waals surface area (Å²) >= 11 is 0. The lowest BCUT2D eigenvalue weighted by Gasteiger charge is -2.21. The van der Waals surface area contributed by atoms with Gasteiger partial charge < -0.3 is 10.2 Å². The summed E-state index contributed by atoms with van der Waals surface area (Å²) in [5.74, 6) is 2.53. The lowest BCUT2D eigenvalue weighted by molar-refractivity contribution is -0.133. The molecule has 0 aromatic carbocycles. The predicted molar refractivity (Wildman–Crippen MR) is 61.5 cm³/mol. The van der Waals surface area contributed by atoms with Gasteiger partial charge in [-0.15, -0.1) is 12.3 Å². The Bertz CT molecular complexity index is 307. The second-order valence-corrected chi connectivity index (χ2v) is 4.03. The van der Waals surface area contributed by atoms with Crippen LogP contribution in [0.3, 0.4) is 0 Å². The molecule has 1 aliphatic rings. The molecule has 1 saturated heterocycles. The van der Waals surface area contributed by atoms with Crippen molar-refractivity contribution in [2.45, 2.75) is 38.6 Å². The highest BCUT2D eigenvalue weighted by Gasteiger charge is 2.25. The molecular formula is C12H18N2O2. The fourth-order valence-corrected chi connectivity index (χ4v) is 1.75. The zero-order valence-corrected chi connectivity index (χ0v) is 9.66. The summed E-state index contributed by atoms with van der Waals surface area (Å²) in [5.41, 5.74) is 0. The average Bonchev–Trinajstić information content (AvgIpc) is 2.37. The Hall–Kier alpha value is -1.50. The minimum atomic E-state index is -0.400. The molecule has 0 aromatic heterocycles. The van der Waals surface area contributed by atoms with Crippen LogP contribution in [-0.2, 0) is 9.59 Å². The Morgan fingerprint density at radius 2 is 2.25 bits per heavy atom. The van der Waals surface area contributed by atoms with E-state index in [0.717, 1.165) is 19.3 Å². The summed E-state index contributed by atoms with van der Waals surface area (Å²) in [7, 11) is 0. The third-order valence-electron chi connectivity index (χ3n) is 2.67. The topological polar surface area (TPSA) is 49.4 Å². The van der Waals surface area contributed by atoms with E-state index in [-0.39, 0.29) is 11.8 Å². The summed E-state index contributed by atoms with van der Waals surface area (Å²) in [6.45, 7) is 2.94. The molecule has 1 unspecified atom stereocenters. The second-order valence-electron chi connectivity index (χ2n) is 4.03. The number of amides is 2. The third-order valence-corrected chi connectivity index (χ3v) is 2.67. The summed E-state index contributed by atoms with van der Waals surface area (Å²) < 4.78 is 0. The van der Waals surface area contributed by atoms with Gasteiger partial charge in [0.2, 0.25) is 11.8 Å². The van der Waals surface area contributed by atoms with Crippen LogP contribution >= 0.6 is 0 Å². The number of nitrogens with one attached hydrogen (secondary N) is 1. The summed E-state index contributed by atoms with van der Waals surface area (Å²) in [6, 6.07) is -0.400. The highest BCUT2D eigenvalue weighted by Crippen LogP contribution is 2.06. The van der Waals surface area contributed by atoms with Gasteiger partial charge in [0.05, 0.1) is 0 Å². The van der Waals surface area contributed by atoms with Crippen LogP contribution in [-0.4, -0.2) is 35.8 Å². The maximum atomic E-state index is 11.8. The van der Waals surface area contributed by atoms with E-state index < -0.39 is 6.04 Å². The zero-order valence-electron chi connectivity index (χ0n) is 9.66. The molecule has 1 atom stereocenters. The number of rotatable bonds is 4. The molecule has 1 fully saturated rings. The average molecular weight is 222 g/mol. The fraction of sp³-hybridized carbons (Fsp3) is 0.667. The number of terminal acetylenes is 1. The molecule has 4 heteroatoms. The van der Waals surface area contributed by atoms with Gasteiger partial charge in [0, 0.05) is 25.9 Å². The zero-order chi connectivity index (χ0) is 12.0. The number of hydrogen-bond acceptors (Lipinski definition) is 2. The molecule has 16 heavy (non-hydrogen) atoms. The molecule has 0 bridgehead atoms. The second kappa shape index (κ2) is 6.16. The van der Waals surface area contributed by atoms with E-state index in [2.05, 4.69) is 11.2 Å². The van der Waals surface area contributed by atoms with E-state index in [4.69, 9.17) is 6.42 Å². The highest BCUT2D eigenvalue weighted by molar-refractivity contribution is 5.89. The van der Waals surface area contributed by atoms with Gasteiger partial charge >= 0.3 is 0 Å². The van der Waals surface area contributed by atoms with Crippen LogP contribution in [0.4, 0.5) is 0 Å². The van der Waals surface area contributed by atoms with Crippen molar-refractivity contribution >= 4 is 11.8 Å². The van der Waals surface area contributed by atoms with Crippen LogP contribution in [0.1, 0.15) is 32.6 Å². The lowest BCUT2D eigenvalue weighted by atomic mass is 10.2. The summed E-state index contributed by atoms with van der Waals surface area (Å²) in [6.07, 6.45) is 8.12. The fourth-order valence-electron chi connectivity index (χ4n) is 1.75. The van der Waals surface area contributed by atoms with Crippen molar-refractivity contribution in [3.05, 3.63) is 0 Å². The van der Waals surface area contributed by atoms with E-state index in [9.17, 15) is 9.59 Å². The molecular weight excluding hydrogens is 204 g/mol. The number of hydrogen-bond donors (Lipinski definition) is 1. The van der Waals surface area contributed by atoms with Crippen molar-refractivity contribution in [3.63, 3.8) is 0 Å². The van der Waals surface area contributed by atoms with E-state index in [1.807, 2.05) is 0 Å². The largest absolute Gasteiger partial charge is 0.345 e. The van der Waals surface area contributed by atoms with Crippen LogP contribution in [0.5, 0.6) is 0 Å². The molecule has 1 aliphatic heterocycles. The van der Waals surface area contributed by atoms with Gasteiger partial charge in [-0.3, -0.25) is 9.59 Å². The first-order valence-corrected chi connectivity index (χ1v) is 5.66. The predicted octanol–water partition coefficient (Wildman–Crippen LogP) is 0.527. The van der Waals surface area contributed by atoms with Crippen molar-refractivity contribution in [1.82, 2.24) is 10.2 Å². The maximum Gasteiger partial charge on any atom is 0.244 e.